The molecule has 0 heteroatoms. The Kier molecular flexibility index (Phi) is 2.05. The normalized spacial score (nSPS) is 52.6. The minimum absolute atomic E-state index is 0.614. The van der Waals surface area contributed by atoms with E-state index >= 15 is 0 Å². The van der Waals surface area contributed by atoms with Gasteiger partial charge in [-0.1, -0.05) is 33.6 Å². The second-order valence-electron chi connectivity index (χ2n) is 7.41. The minimum atomic E-state index is 0.614. The third kappa shape index (κ3) is 1.26. The van der Waals surface area contributed by atoms with E-state index in [2.05, 4.69) is 20.8 Å². The van der Waals surface area contributed by atoms with Gasteiger partial charge < -0.3 is 0 Å². The van der Waals surface area contributed by atoms with Gasteiger partial charge in [0.05, 0.1) is 0 Å². The van der Waals surface area contributed by atoms with Crippen LogP contribution >= 0.6 is 0 Å². The SMILES string of the molecule is CC1CCCC2(CC3CC(C3)C2)C1(C)C. The molecule has 1 unspecified atom stereocenters. The highest BCUT2D eigenvalue weighted by Crippen LogP contribution is 2.66. The van der Waals surface area contributed by atoms with Gasteiger partial charge in [0.25, 0.3) is 0 Å². The van der Waals surface area contributed by atoms with Crippen LogP contribution in [0.4, 0.5) is 0 Å². The van der Waals surface area contributed by atoms with Crippen molar-refractivity contribution in [3.63, 3.8) is 0 Å². The lowest BCUT2D eigenvalue weighted by Crippen LogP contribution is -2.53. The molecule has 0 nitrogen and oxygen atoms in total. The lowest BCUT2D eigenvalue weighted by Gasteiger charge is -2.62. The largest absolute Gasteiger partial charge is 0.0620 e. The monoisotopic (exact) mass is 206 g/mol. The third-order valence-electron chi connectivity index (χ3n) is 6.58. The van der Waals surface area contributed by atoms with Crippen molar-refractivity contribution in [1.29, 1.82) is 0 Å². The van der Waals surface area contributed by atoms with E-state index in [1.54, 1.807) is 25.7 Å². The summed E-state index contributed by atoms with van der Waals surface area (Å²) in [5, 5.41) is 0. The molecule has 0 aromatic heterocycles. The zero-order chi connectivity index (χ0) is 10.7. The Hall–Kier alpha value is 0. The molecule has 4 aliphatic rings. The number of hydrogen-bond donors (Lipinski definition) is 0. The van der Waals surface area contributed by atoms with Gasteiger partial charge in [-0.25, -0.2) is 0 Å². The van der Waals surface area contributed by atoms with Crippen LogP contribution < -0.4 is 0 Å². The predicted molar refractivity (Wildman–Crippen MR) is 64.7 cm³/mol. The molecule has 1 spiro atoms. The van der Waals surface area contributed by atoms with Crippen LogP contribution in [0.25, 0.3) is 0 Å². The quantitative estimate of drug-likeness (QED) is 0.541. The molecule has 0 aromatic rings. The second kappa shape index (κ2) is 3.02. The molecular formula is C15H26. The van der Waals surface area contributed by atoms with Crippen LogP contribution in [0, 0.1) is 28.6 Å². The standard InChI is InChI=1S/C15H26/c1-11-5-4-6-15(14(11,2)3)9-12-7-13(8-12)10-15/h11-13H,4-10H2,1-3H3. The van der Waals surface area contributed by atoms with E-state index in [9.17, 15) is 0 Å². The Balaban J connectivity index is 1.89. The van der Waals surface area contributed by atoms with Crippen molar-refractivity contribution in [3.8, 4) is 0 Å². The lowest BCUT2D eigenvalue weighted by atomic mass is 9.42. The smallest absolute Gasteiger partial charge is 0.0238 e. The summed E-state index contributed by atoms with van der Waals surface area (Å²) < 4.78 is 0. The number of rotatable bonds is 0. The fourth-order valence-electron chi connectivity index (χ4n) is 5.08. The van der Waals surface area contributed by atoms with Crippen LogP contribution in [-0.2, 0) is 0 Å². The van der Waals surface area contributed by atoms with E-state index in [0.717, 1.165) is 23.2 Å². The van der Waals surface area contributed by atoms with Gasteiger partial charge in [0.1, 0.15) is 0 Å². The van der Waals surface area contributed by atoms with Crippen molar-refractivity contribution in [2.24, 2.45) is 28.6 Å². The molecule has 0 aromatic carbocycles. The van der Waals surface area contributed by atoms with Crippen LogP contribution in [0.15, 0.2) is 0 Å². The molecule has 15 heavy (non-hydrogen) atoms. The van der Waals surface area contributed by atoms with Crippen molar-refractivity contribution in [3.05, 3.63) is 0 Å². The van der Waals surface area contributed by atoms with Crippen LogP contribution in [0.1, 0.15) is 65.7 Å². The van der Waals surface area contributed by atoms with Gasteiger partial charge in [-0.3, -0.25) is 0 Å². The van der Waals surface area contributed by atoms with Crippen molar-refractivity contribution in [1.82, 2.24) is 0 Å². The summed E-state index contributed by atoms with van der Waals surface area (Å²) in [4.78, 5) is 0. The van der Waals surface area contributed by atoms with Gasteiger partial charge in [-0.15, -0.1) is 0 Å². The first kappa shape index (κ1) is 10.2. The minimum Gasteiger partial charge on any atom is -0.0620 e. The van der Waals surface area contributed by atoms with E-state index in [1.807, 2.05) is 0 Å². The average Bonchev–Trinajstić information content (AvgIpc) is 2.14. The highest BCUT2D eigenvalue weighted by atomic mass is 14.6. The Labute approximate surface area is 94.8 Å². The molecule has 0 heterocycles. The van der Waals surface area contributed by atoms with Crippen molar-refractivity contribution in [2.75, 3.05) is 0 Å². The zero-order valence-corrected chi connectivity index (χ0v) is 10.7. The van der Waals surface area contributed by atoms with Crippen molar-refractivity contribution in [2.45, 2.75) is 65.7 Å². The summed E-state index contributed by atoms with van der Waals surface area (Å²) in [7, 11) is 0. The van der Waals surface area contributed by atoms with Crippen LogP contribution in [0.3, 0.4) is 0 Å². The molecule has 4 saturated carbocycles. The summed E-state index contributed by atoms with van der Waals surface area (Å²) in [5.41, 5.74) is 1.36. The summed E-state index contributed by atoms with van der Waals surface area (Å²) >= 11 is 0. The molecule has 4 rings (SSSR count). The molecule has 86 valence electrons. The highest BCUT2D eigenvalue weighted by Gasteiger charge is 2.56. The molecule has 4 aliphatic carbocycles. The maximum atomic E-state index is 2.57. The first-order chi connectivity index (χ1) is 7.03. The zero-order valence-electron chi connectivity index (χ0n) is 10.7. The Morgan fingerprint density at radius 1 is 1.00 bits per heavy atom. The van der Waals surface area contributed by atoms with Crippen molar-refractivity contribution >= 4 is 0 Å². The molecule has 0 N–H and O–H groups in total. The lowest BCUT2D eigenvalue weighted by molar-refractivity contribution is -0.125. The Morgan fingerprint density at radius 2 is 1.60 bits per heavy atom. The maximum Gasteiger partial charge on any atom is -0.0238 e. The molecule has 4 fully saturated rings. The van der Waals surface area contributed by atoms with Crippen LogP contribution in [0.2, 0.25) is 0 Å². The molecule has 2 bridgehead atoms. The van der Waals surface area contributed by atoms with Gasteiger partial charge in [-0.05, 0) is 60.7 Å². The first-order valence-electron chi connectivity index (χ1n) is 7.03. The topological polar surface area (TPSA) is 0 Å². The molecule has 0 saturated heterocycles. The van der Waals surface area contributed by atoms with E-state index < -0.39 is 0 Å². The average molecular weight is 206 g/mol. The van der Waals surface area contributed by atoms with Crippen LogP contribution in [0.5, 0.6) is 0 Å². The van der Waals surface area contributed by atoms with Crippen molar-refractivity contribution < 1.29 is 0 Å². The van der Waals surface area contributed by atoms with Gasteiger partial charge in [0.15, 0.2) is 0 Å². The predicted octanol–water partition coefficient (Wildman–Crippen LogP) is 4.64. The molecular weight excluding hydrogens is 180 g/mol. The summed E-state index contributed by atoms with van der Waals surface area (Å²) in [5.74, 6) is 3.19. The van der Waals surface area contributed by atoms with E-state index in [1.165, 1.54) is 19.3 Å². The van der Waals surface area contributed by atoms with Gasteiger partial charge >= 0.3 is 0 Å². The van der Waals surface area contributed by atoms with Gasteiger partial charge in [0.2, 0.25) is 0 Å². The first-order valence-corrected chi connectivity index (χ1v) is 7.03. The van der Waals surface area contributed by atoms with Gasteiger partial charge in [0, 0.05) is 0 Å². The molecule has 0 amide bonds. The van der Waals surface area contributed by atoms with E-state index in [-0.39, 0.29) is 0 Å². The fourth-order valence-corrected chi connectivity index (χ4v) is 5.08. The fraction of sp³-hybridized carbons (Fsp3) is 1.00. The van der Waals surface area contributed by atoms with E-state index in [4.69, 9.17) is 0 Å². The van der Waals surface area contributed by atoms with Crippen LogP contribution in [-0.4, -0.2) is 0 Å². The highest BCUT2D eigenvalue weighted by molar-refractivity contribution is 5.06. The van der Waals surface area contributed by atoms with Gasteiger partial charge in [-0.2, -0.15) is 0 Å². The molecule has 0 aliphatic heterocycles. The number of hydrogen-bond acceptors (Lipinski definition) is 0. The molecule has 1 atom stereocenters. The summed E-state index contributed by atoms with van der Waals surface area (Å²) in [6.07, 6.45) is 10.8. The Bertz CT molecular complexity index is 247. The summed E-state index contributed by atoms with van der Waals surface area (Å²) in [6, 6.07) is 0. The summed E-state index contributed by atoms with van der Waals surface area (Å²) in [6.45, 7) is 7.64. The third-order valence-corrected chi connectivity index (χ3v) is 6.58. The molecule has 0 radical (unpaired) electrons. The maximum absolute atomic E-state index is 2.57. The second-order valence-corrected chi connectivity index (χ2v) is 7.41. The Morgan fingerprint density at radius 3 is 2.20 bits per heavy atom. The van der Waals surface area contributed by atoms with E-state index in [0.29, 0.717) is 5.41 Å².